The molecular formula is C20H21ClN6O2. The molecule has 0 aliphatic carbocycles. The number of hydroxylamine groups is 2. The lowest BCUT2D eigenvalue weighted by Crippen LogP contribution is -2.54. The summed E-state index contributed by atoms with van der Waals surface area (Å²) in [6.45, 7) is 3.13. The topological polar surface area (TPSA) is 94.4 Å². The lowest BCUT2D eigenvalue weighted by Gasteiger charge is -2.40. The lowest BCUT2D eigenvalue weighted by atomic mass is 10.1. The number of nitrogens with zero attached hydrogens (tertiary/aromatic N) is 5. The predicted octanol–water partition coefficient (Wildman–Crippen LogP) is 1.95. The number of aromatic nitrogens is 2. The highest BCUT2D eigenvalue weighted by atomic mass is 35.5. The Labute approximate surface area is 174 Å². The van der Waals surface area contributed by atoms with E-state index in [4.69, 9.17) is 16.4 Å². The summed E-state index contributed by atoms with van der Waals surface area (Å²) < 4.78 is 0. The molecule has 29 heavy (non-hydrogen) atoms. The number of anilines is 1. The van der Waals surface area contributed by atoms with Crippen molar-refractivity contribution in [2.75, 3.05) is 31.1 Å². The minimum absolute atomic E-state index is 0.220. The SMILES string of the molecule is N#CC[C@H]1CN(c2nc(Cl)nc3c2CCNC3)CCN1OC(=O)c1ccccc1. The number of nitrogens with one attached hydrogen (secondary N) is 1. The van der Waals surface area contributed by atoms with Crippen molar-refractivity contribution in [3.63, 3.8) is 0 Å². The average molecular weight is 413 g/mol. The van der Waals surface area contributed by atoms with Gasteiger partial charge >= 0.3 is 5.97 Å². The van der Waals surface area contributed by atoms with E-state index in [9.17, 15) is 10.1 Å². The highest BCUT2D eigenvalue weighted by molar-refractivity contribution is 6.28. The van der Waals surface area contributed by atoms with E-state index in [1.807, 2.05) is 6.07 Å². The van der Waals surface area contributed by atoms with Gasteiger partial charge in [0, 0.05) is 25.2 Å². The number of carbonyl (C=O) groups excluding carboxylic acids is 1. The average Bonchev–Trinajstić information content (AvgIpc) is 2.75. The monoisotopic (exact) mass is 412 g/mol. The molecule has 8 nitrogen and oxygen atoms in total. The first-order valence-corrected chi connectivity index (χ1v) is 9.95. The quantitative estimate of drug-likeness (QED) is 0.761. The van der Waals surface area contributed by atoms with Gasteiger partial charge in [0.1, 0.15) is 5.82 Å². The van der Waals surface area contributed by atoms with Crippen LogP contribution in [0.25, 0.3) is 0 Å². The largest absolute Gasteiger partial charge is 0.363 e. The van der Waals surface area contributed by atoms with Gasteiger partial charge in [0.15, 0.2) is 0 Å². The highest BCUT2D eigenvalue weighted by Crippen LogP contribution is 2.28. The summed E-state index contributed by atoms with van der Waals surface area (Å²) in [4.78, 5) is 29.0. The number of fused-ring (bicyclic) bond motifs is 1. The molecular weight excluding hydrogens is 392 g/mol. The third kappa shape index (κ3) is 4.32. The van der Waals surface area contributed by atoms with Crippen molar-refractivity contribution in [1.29, 1.82) is 5.26 Å². The Morgan fingerprint density at radius 1 is 1.31 bits per heavy atom. The van der Waals surface area contributed by atoms with Crippen LogP contribution in [-0.4, -0.2) is 53.2 Å². The molecule has 4 rings (SSSR count). The standard InChI is InChI=1S/C20H21ClN6O2/c21-20-24-17-12-23-9-7-16(17)18(25-20)26-10-11-27(15(13-26)6-8-22)29-19(28)14-4-2-1-3-5-14/h1-5,15,23H,6-7,9-13H2/t15-/m0/s1. The smallest absolute Gasteiger partial charge is 0.357 e. The summed E-state index contributed by atoms with van der Waals surface area (Å²) in [5.41, 5.74) is 2.49. The van der Waals surface area contributed by atoms with Crippen LogP contribution in [0.1, 0.15) is 28.0 Å². The second-order valence-electron chi connectivity index (χ2n) is 7.02. The second-order valence-corrected chi connectivity index (χ2v) is 7.35. The Kier molecular flexibility index (Phi) is 5.90. The molecule has 0 saturated carbocycles. The van der Waals surface area contributed by atoms with Crippen LogP contribution >= 0.6 is 11.6 Å². The van der Waals surface area contributed by atoms with Crippen LogP contribution in [0.2, 0.25) is 5.28 Å². The summed E-state index contributed by atoms with van der Waals surface area (Å²) in [5.74, 6) is 0.397. The number of rotatable bonds is 4. The highest BCUT2D eigenvalue weighted by Gasteiger charge is 2.33. The molecule has 1 saturated heterocycles. The van der Waals surface area contributed by atoms with Gasteiger partial charge in [0.2, 0.25) is 5.28 Å². The van der Waals surface area contributed by atoms with Gasteiger partial charge in [0.05, 0.1) is 36.3 Å². The zero-order chi connectivity index (χ0) is 20.2. The van der Waals surface area contributed by atoms with Gasteiger partial charge < -0.3 is 15.1 Å². The van der Waals surface area contributed by atoms with Gasteiger partial charge in [-0.1, -0.05) is 18.2 Å². The van der Waals surface area contributed by atoms with Crippen LogP contribution < -0.4 is 10.2 Å². The maximum atomic E-state index is 12.4. The molecule has 0 amide bonds. The maximum absolute atomic E-state index is 12.4. The molecule has 0 unspecified atom stereocenters. The number of halogens is 1. The predicted molar refractivity (Wildman–Crippen MR) is 107 cm³/mol. The molecule has 0 radical (unpaired) electrons. The van der Waals surface area contributed by atoms with Crippen molar-refractivity contribution in [2.45, 2.75) is 25.4 Å². The van der Waals surface area contributed by atoms with Crippen molar-refractivity contribution in [1.82, 2.24) is 20.3 Å². The third-order valence-electron chi connectivity index (χ3n) is 5.15. The van der Waals surface area contributed by atoms with Gasteiger partial charge in [-0.25, -0.2) is 14.8 Å². The molecule has 150 valence electrons. The summed E-state index contributed by atoms with van der Waals surface area (Å²) in [6, 6.07) is 10.8. The molecule has 0 bridgehead atoms. The number of nitriles is 1. The van der Waals surface area contributed by atoms with Gasteiger partial charge in [-0.3, -0.25) is 0 Å². The number of piperazine rings is 1. The normalized spacial score (nSPS) is 19.3. The second kappa shape index (κ2) is 8.74. The summed E-state index contributed by atoms with van der Waals surface area (Å²) >= 11 is 6.16. The van der Waals surface area contributed by atoms with Crippen LogP contribution in [0.15, 0.2) is 30.3 Å². The minimum atomic E-state index is -0.421. The molecule has 2 aromatic rings. The molecule has 3 heterocycles. The first kappa shape index (κ1) is 19.6. The van der Waals surface area contributed by atoms with Gasteiger partial charge in [0.25, 0.3) is 0 Å². The van der Waals surface area contributed by atoms with Gasteiger partial charge in [-0.2, -0.15) is 5.26 Å². The van der Waals surface area contributed by atoms with Crippen molar-refractivity contribution < 1.29 is 9.63 Å². The van der Waals surface area contributed by atoms with Crippen molar-refractivity contribution in [2.24, 2.45) is 0 Å². The van der Waals surface area contributed by atoms with Gasteiger partial charge in [-0.15, -0.1) is 5.06 Å². The van der Waals surface area contributed by atoms with E-state index in [0.29, 0.717) is 31.7 Å². The Hall–Kier alpha value is -2.73. The molecule has 1 fully saturated rings. The van der Waals surface area contributed by atoms with Crippen molar-refractivity contribution in [3.8, 4) is 6.07 Å². The molecule has 9 heteroatoms. The Morgan fingerprint density at radius 2 is 2.14 bits per heavy atom. The lowest BCUT2D eigenvalue weighted by molar-refractivity contribution is -0.140. The van der Waals surface area contributed by atoms with Crippen LogP contribution in [-0.2, 0) is 17.8 Å². The minimum Gasteiger partial charge on any atom is -0.363 e. The zero-order valence-electron chi connectivity index (χ0n) is 15.8. The fourth-order valence-corrected chi connectivity index (χ4v) is 3.91. The summed E-state index contributed by atoms with van der Waals surface area (Å²) in [7, 11) is 0. The molecule has 0 spiro atoms. The maximum Gasteiger partial charge on any atom is 0.357 e. The Balaban J connectivity index is 1.52. The molecule has 1 atom stereocenters. The van der Waals surface area contributed by atoms with E-state index in [1.54, 1.807) is 29.3 Å². The number of hydrogen-bond donors (Lipinski definition) is 1. The number of hydrogen-bond acceptors (Lipinski definition) is 8. The fraction of sp³-hybridized carbons (Fsp3) is 0.400. The zero-order valence-corrected chi connectivity index (χ0v) is 16.6. The van der Waals surface area contributed by atoms with Crippen LogP contribution in [0.4, 0.5) is 5.82 Å². The van der Waals surface area contributed by atoms with Crippen molar-refractivity contribution in [3.05, 3.63) is 52.4 Å². The Morgan fingerprint density at radius 3 is 2.93 bits per heavy atom. The number of benzene rings is 1. The molecule has 2 aliphatic rings. The van der Waals surface area contributed by atoms with E-state index in [2.05, 4.69) is 26.3 Å². The third-order valence-corrected chi connectivity index (χ3v) is 5.32. The number of carbonyl (C=O) groups is 1. The summed E-state index contributed by atoms with van der Waals surface area (Å²) in [5, 5.41) is 14.4. The summed E-state index contributed by atoms with van der Waals surface area (Å²) in [6.07, 6.45) is 1.06. The first-order valence-electron chi connectivity index (χ1n) is 9.57. The van der Waals surface area contributed by atoms with E-state index < -0.39 is 5.97 Å². The fourth-order valence-electron chi connectivity index (χ4n) is 3.73. The van der Waals surface area contributed by atoms with E-state index in [0.717, 1.165) is 30.0 Å². The van der Waals surface area contributed by atoms with Gasteiger partial charge in [-0.05, 0) is 36.7 Å². The van der Waals surface area contributed by atoms with E-state index in [1.165, 1.54) is 0 Å². The van der Waals surface area contributed by atoms with Crippen LogP contribution in [0.3, 0.4) is 0 Å². The van der Waals surface area contributed by atoms with Crippen LogP contribution in [0.5, 0.6) is 0 Å². The Bertz CT molecular complexity index is 933. The van der Waals surface area contributed by atoms with E-state index >= 15 is 0 Å². The van der Waals surface area contributed by atoms with Crippen molar-refractivity contribution >= 4 is 23.4 Å². The first-order chi connectivity index (χ1) is 14.2. The molecule has 1 N–H and O–H groups in total. The van der Waals surface area contributed by atoms with E-state index in [-0.39, 0.29) is 17.7 Å². The molecule has 2 aliphatic heterocycles. The van der Waals surface area contributed by atoms with Crippen LogP contribution in [0, 0.1) is 11.3 Å². The molecule has 1 aromatic heterocycles. The molecule has 1 aromatic carbocycles.